The van der Waals surface area contributed by atoms with Gasteiger partial charge in [-0.3, -0.25) is 4.90 Å². The normalized spacial score (nSPS) is 11.2. The first-order valence-electron chi connectivity index (χ1n) is 7.47. The average Bonchev–Trinajstić information content (AvgIpc) is 2.98. The fourth-order valence-corrected chi connectivity index (χ4v) is 4.24. The number of amides is 2. The molecule has 0 aliphatic heterocycles. The third-order valence-electron chi connectivity index (χ3n) is 3.26. The molecule has 1 aromatic carbocycles. The van der Waals surface area contributed by atoms with Gasteiger partial charge in [0.25, 0.3) is 10.0 Å². The quantitative estimate of drug-likeness (QED) is 0.797. The number of nitrogens with one attached hydrogen (secondary N) is 2. The Morgan fingerprint density at radius 3 is 2.52 bits per heavy atom. The van der Waals surface area contributed by atoms with Crippen molar-refractivity contribution < 1.29 is 17.9 Å². The number of carbonyl (C=O) groups excluding carboxylic acids is 1. The van der Waals surface area contributed by atoms with Gasteiger partial charge in [0, 0.05) is 12.7 Å². The molecule has 0 unspecified atom stereocenters. The molecule has 2 amide bonds. The smallest absolute Gasteiger partial charge is 0.327 e. The lowest BCUT2D eigenvalue weighted by Crippen LogP contribution is -2.31. The number of aromatic nitrogens is 1. The number of urea groups is 1. The zero-order chi connectivity index (χ0) is 18.6. The molecule has 25 heavy (non-hydrogen) atoms. The summed E-state index contributed by atoms with van der Waals surface area (Å²) in [5.74, 6) is 0.714. The van der Waals surface area contributed by atoms with Crippen molar-refractivity contribution in [2.75, 3.05) is 30.9 Å². The van der Waals surface area contributed by atoms with Crippen LogP contribution in [0.1, 0.15) is 12.6 Å². The van der Waals surface area contributed by atoms with Crippen molar-refractivity contribution in [1.29, 1.82) is 0 Å². The largest absolute Gasteiger partial charge is 0.494 e. The molecule has 136 valence electrons. The van der Waals surface area contributed by atoms with Gasteiger partial charge in [-0.25, -0.2) is 22.9 Å². The van der Waals surface area contributed by atoms with E-state index in [-0.39, 0.29) is 9.34 Å². The highest BCUT2D eigenvalue weighted by atomic mass is 32.2. The Morgan fingerprint density at radius 1 is 1.32 bits per heavy atom. The topological polar surface area (TPSA) is 101 Å². The van der Waals surface area contributed by atoms with Crippen molar-refractivity contribution in [3.8, 4) is 5.75 Å². The molecule has 10 heteroatoms. The molecule has 2 N–H and O–H groups in total. The average molecular weight is 384 g/mol. The highest BCUT2D eigenvalue weighted by molar-refractivity contribution is 7.91. The molecule has 0 saturated carbocycles. The number of ether oxygens (including phenoxy) is 1. The summed E-state index contributed by atoms with van der Waals surface area (Å²) in [7, 11) is -0.747. The molecule has 0 aliphatic carbocycles. The Bertz CT molecular complexity index is 847. The lowest BCUT2D eigenvalue weighted by atomic mass is 10.3. The van der Waals surface area contributed by atoms with Gasteiger partial charge in [-0.2, -0.15) is 0 Å². The first kappa shape index (κ1) is 19.2. The molecule has 0 spiro atoms. The van der Waals surface area contributed by atoms with Crippen LogP contribution in [0.15, 0.2) is 28.5 Å². The SMILES string of the molecule is CCOc1ccc(NC(=O)N(C)c2nc(C)c(S(=O)(=O)NC)s2)cc1. The lowest BCUT2D eigenvalue weighted by molar-refractivity contribution is 0.258. The number of thiazole rings is 1. The summed E-state index contributed by atoms with van der Waals surface area (Å²) in [6.07, 6.45) is 0. The van der Waals surface area contributed by atoms with E-state index in [9.17, 15) is 13.2 Å². The van der Waals surface area contributed by atoms with Crippen LogP contribution in [0, 0.1) is 6.92 Å². The summed E-state index contributed by atoms with van der Waals surface area (Å²) in [5, 5.41) is 3.01. The maximum absolute atomic E-state index is 12.3. The second-order valence-electron chi connectivity index (χ2n) is 5.02. The Labute approximate surface area is 150 Å². The molecule has 0 radical (unpaired) electrons. The number of hydrogen-bond acceptors (Lipinski definition) is 6. The van der Waals surface area contributed by atoms with Gasteiger partial charge in [0.2, 0.25) is 0 Å². The third kappa shape index (κ3) is 4.47. The van der Waals surface area contributed by atoms with Crippen molar-refractivity contribution in [2.45, 2.75) is 18.1 Å². The van der Waals surface area contributed by atoms with Gasteiger partial charge < -0.3 is 10.1 Å². The number of carbonyl (C=O) groups is 1. The van der Waals surface area contributed by atoms with Gasteiger partial charge in [0.1, 0.15) is 5.75 Å². The van der Waals surface area contributed by atoms with Gasteiger partial charge in [-0.15, -0.1) is 0 Å². The number of sulfonamides is 1. The van der Waals surface area contributed by atoms with Crippen molar-refractivity contribution in [3.63, 3.8) is 0 Å². The van der Waals surface area contributed by atoms with E-state index < -0.39 is 16.1 Å². The molecule has 0 aliphatic rings. The van der Waals surface area contributed by atoms with Crippen LogP contribution < -0.4 is 19.7 Å². The summed E-state index contributed by atoms with van der Waals surface area (Å²) in [6, 6.07) is 6.53. The summed E-state index contributed by atoms with van der Waals surface area (Å²) in [5.41, 5.74) is 0.937. The third-order valence-corrected chi connectivity index (χ3v) is 6.52. The maximum Gasteiger partial charge on any atom is 0.327 e. The molecular formula is C15H20N4O4S2. The van der Waals surface area contributed by atoms with Crippen LogP contribution in [-0.2, 0) is 10.0 Å². The van der Waals surface area contributed by atoms with Crippen LogP contribution >= 0.6 is 11.3 Å². The van der Waals surface area contributed by atoms with Gasteiger partial charge in [0.15, 0.2) is 9.34 Å². The minimum Gasteiger partial charge on any atom is -0.494 e. The molecule has 2 aromatic rings. The van der Waals surface area contributed by atoms with Crippen molar-refractivity contribution in [1.82, 2.24) is 9.71 Å². The summed E-state index contributed by atoms with van der Waals surface area (Å²) in [6.45, 7) is 4.04. The number of rotatable bonds is 6. The molecule has 0 atom stereocenters. The number of benzene rings is 1. The number of aryl methyl sites for hydroxylation is 1. The Kier molecular flexibility index (Phi) is 5.98. The number of anilines is 2. The van der Waals surface area contributed by atoms with E-state index in [1.807, 2.05) is 6.92 Å². The molecule has 0 bridgehead atoms. The zero-order valence-corrected chi connectivity index (χ0v) is 16.0. The van der Waals surface area contributed by atoms with E-state index in [1.165, 1.54) is 19.0 Å². The second-order valence-corrected chi connectivity index (χ2v) is 8.08. The van der Waals surface area contributed by atoms with E-state index >= 15 is 0 Å². The molecule has 1 heterocycles. The number of hydrogen-bond donors (Lipinski definition) is 2. The van der Waals surface area contributed by atoms with Crippen molar-refractivity contribution >= 4 is 38.2 Å². The Hall–Kier alpha value is -2.17. The highest BCUT2D eigenvalue weighted by Gasteiger charge is 2.23. The fraction of sp³-hybridized carbons (Fsp3) is 0.333. The first-order valence-corrected chi connectivity index (χ1v) is 9.77. The molecule has 0 saturated heterocycles. The van der Waals surface area contributed by atoms with E-state index in [0.29, 0.717) is 23.7 Å². The lowest BCUT2D eigenvalue weighted by Gasteiger charge is -2.15. The van der Waals surface area contributed by atoms with Crippen LogP contribution in [0.25, 0.3) is 0 Å². The predicted molar refractivity (Wildman–Crippen MR) is 98.1 cm³/mol. The van der Waals surface area contributed by atoms with Crippen LogP contribution in [-0.4, -0.2) is 40.1 Å². The Morgan fingerprint density at radius 2 is 1.96 bits per heavy atom. The van der Waals surface area contributed by atoms with Crippen LogP contribution in [0.5, 0.6) is 5.75 Å². The van der Waals surface area contributed by atoms with E-state index in [1.54, 1.807) is 31.2 Å². The zero-order valence-electron chi connectivity index (χ0n) is 14.4. The molecule has 0 fully saturated rings. The minimum atomic E-state index is -3.60. The maximum atomic E-state index is 12.3. The van der Waals surface area contributed by atoms with Gasteiger partial charge >= 0.3 is 6.03 Å². The fourth-order valence-electron chi connectivity index (χ4n) is 1.95. The van der Waals surface area contributed by atoms with Crippen LogP contribution in [0.3, 0.4) is 0 Å². The predicted octanol–water partition coefficient (Wildman–Crippen LogP) is 2.43. The van der Waals surface area contributed by atoms with E-state index in [0.717, 1.165) is 11.3 Å². The van der Waals surface area contributed by atoms with Crippen LogP contribution in [0.2, 0.25) is 0 Å². The molecule has 1 aromatic heterocycles. The van der Waals surface area contributed by atoms with Gasteiger partial charge in [-0.05, 0) is 45.2 Å². The Balaban J connectivity index is 2.13. The summed E-state index contributed by atoms with van der Waals surface area (Å²) < 4.78 is 31.5. The van der Waals surface area contributed by atoms with Crippen LogP contribution in [0.4, 0.5) is 15.6 Å². The van der Waals surface area contributed by atoms with Crippen molar-refractivity contribution in [3.05, 3.63) is 30.0 Å². The van der Waals surface area contributed by atoms with Crippen molar-refractivity contribution in [2.24, 2.45) is 0 Å². The van der Waals surface area contributed by atoms with Gasteiger partial charge in [-0.1, -0.05) is 11.3 Å². The van der Waals surface area contributed by atoms with E-state index in [4.69, 9.17) is 4.74 Å². The molecule has 8 nitrogen and oxygen atoms in total. The number of nitrogens with zero attached hydrogens (tertiary/aromatic N) is 2. The molecular weight excluding hydrogens is 364 g/mol. The summed E-state index contributed by atoms with van der Waals surface area (Å²) >= 11 is 0.931. The van der Waals surface area contributed by atoms with E-state index in [2.05, 4.69) is 15.0 Å². The first-order chi connectivity index (χ1) is 11.8. The minimum absolute atomic E-state index is 0.0886. The second kappa shape index (κ2) is 7.81. The summed E-state index contributed by atoms with van der Waals surface area (Å²) in [4.78, 5) is 17.8. The molecule has 2 rings (SSSR count). The monoisotopic (exact) mass is 384 g/mol. The highest BCUT2D eigenvalue weighted by Crippen LogP contribution is 2.29. The van der Waals surface area contributed by atoms with Gasteiger partial charge in [0.05, 0.1) is 12.3 Å². The standard InChI is InChI=1S/C15H20N4O4S2/c1-5-23-12-8-6-11(7-9-12)18-14(20)19(4)15-17-10(2)13(24-15)25(21,22)16-3/h6-9,16H,5H2,1-4H3,(H,18,20).